The first-order valence-electron chi connectivity index (χ1n) is 24.1. The summed E-state index contributed by atoms with van der Waals surface area (Å²) in [6.45, 7) is 14.9. The summed E-state index contributed by atoms with van der Waals surface area (Å²) in [5.41, 5.74) is 2.84. The predicted molar refractivity (Wildman–Crippen MR) is 268 cm³/mol. The first-order chi connectivity index (χ1) is 32.4. The summed E-state index contributed by atoms with van der Waals surface area (Å²) in [7, 11) is 9.83. The van der Waals surface area contributed by atoms with Crippen molar-refractivity contribution in [1.82, 2.24) is 30.3 Å². The van der Waals surface area contributed by atoms with E-state index in [4.69, 9.17) is 14.2 Å². The number of anilines is 1. The third-order valence-electron chi connectivity index (χ3n) is 13.7. The number of amides is 5. The normalized spacial score (nSPS) is 17.5. The molecular formula is C52H79N7O8S. The number of likely N-dealkylation sites (tertiary alicyclic amines) is 1. The zero-order chi connectivity index (χ0) is 50.2. The lowest BCUT2D eigenvalue weighted by Gasteiger charge is -2.41. The molecule has 1 saturated heterocycles. The Morgan fingerprint density at radius 3 is 2.09 bits per heavy atom. The molecule has 0 radical (unpaired) electrons. The Hall–Kier alpha value is -4.90. The van der Waals surface area contributed by atoms with Gasteiger partial charge in [0.2, 0.25) is 23.6 Å². The van der Waals surface area contributed by atoms with Crippen molar-refractivity contribution in [2.24, 2.45) is 23.7 Å². The maximum Gasteiger partial charge on any atom is 0.413 e. The van der Waals surface area contributed by atoms with Gasteiger partial charge in [0.25, 0.3) is 0 Å². The molecule has 2 N–H and O–H groups in total. The molecule has 2 aromatic carbocycles. The lowest BCUT2D eigenvalue weighted by Crippen LogP contribution is -2.60. The van der Waals surface area contributed by atoms with Crippen LogP contribution in [0.5, 0.6) is 0 Å². The number of rotatable bonds is 25. The summed E-state index contributed by atoms with van der Waals surface area (Å²) in [6.07, 6.45) is 3.50. The van der Waals surface area contributed by atoms with Crippen molar-refractivity contribution in [1.29, 1.82) is 0 Å². The number of hydrogen-bond donors (Lipinski definition) is 2. The molecule has 68 heavy (non-hydrogen) atoms. The second-order valence-corrected chi connectivity index (χ2v) is 20.0. The van der Waals surface area contributed by atoms with Crippen molar-refractivity contribution in [2.45, 2.75) is 129 Å². The average Bonchev–Trinajstić information content (AvgIpc) is 4.06. The summed E-state index contributed by atoms with van der Waals surface area (Å²) >= 11 is 1.50. The molecule has 2 heterocycles. The zero-order valence-corrected chi connectivity index (χ0v) is 43.6. The largest absolute Gasteiger partial charge is 0.452 e. The van der Waals surface area contributed by atoms with Crippen molar-refractivity contribution in [3.05, 3.63) is 82.3 Å². The van der Waals surface area contributed by atoms with E-state index in [1.165, 1.54) is 23.3 Å². The van der Waals surface area contributed by atoms with Crippen LogP contribution in [0.15, 0.2) is 66.2 Å². The minimum atomic E-state index is -0.831. The van der Waals surface area contributed by atoms with Crippen LogP contribution in [0.4, 0.5) is 10.5 Å². The van der Waals surface area contributed by atoms with E-state index in [1.807, 2.05) is 111 Å². The Bertz CT molecular complexity index is 2040. The number of ether oxygens (including phenoxy) is 3. The summed E-state index contributed by atoms with van der Waals surface area (Å²) in [5.74, 6) is -1.72. The van der Waals surface area contributed by atoms with Gasteiger partial charge in [-0.15, -0.1) is 11.3 Å². The number of nitrogens with one attached hydrogen (secondary N) is 2. The molecule has 0 unspecified atom stereocenters. The highest BCUT2D eigenvalue weighted by Gasteiger charge is 2.43. The molecule has 0 aliphatic carbocycles. The van der Waals surface area contributed by atoms with Crippen molar-refractivity contribution in [3.63, 3.8) is 0 Å². The number of benzene rings is 2. The third kappa shape index (κ3) is 14.6. The lowest BCUT2D eigenvalue weighted by molar-refractivity contribution is -0.148. The van der Waals surface area contributed by atoms with Crippen molar-refractivity contribution in [2.75, 3.05) is 60.5 Å². The Balaban J connectivity index is 1.45. The summed E-state index contributed by atoms with van der Waals surface area (Å²) in [4.78, 5) is 80.9. The SMILES string of the molecule is CC[C@H](C)[C@@H]([C@@H](CC(=O)N1CCC[C@H]1[C@H](OC)[C@@H](C)C(=O)N[C@@H](Cc1ccccc1)c1nccs1)OC)N(C)C(=O)[C@@H](NC(=O)[C@H](C(C)C)N(C)CCc1ccc(N(C)C(=O)OC)cc1)C(C)C. The molecule has 0 saturated carbocycles. The van der Waals surface area contributed by atoms with Gasteiger partial charge in [0, 0.05) is 58.7 Å². The van der Waals surface area contributed by atoms with Crippen molar-refractivity contribution in [3.8, 4) is 0 Å². The molecule has 0 spiro atoms. The summed E-state index contributed by atoms with van der Waals surface area (Å²) in [5, 5.41) is 9.10. The standard InChI is InChI=1S/C52H79N7O8S/c1-14-35(6)46(58(10)51(63)44(33(2)3)55-49(62)45(34(4)5)56(8)29-26-37-22-24-39(25-23-37)57(9)52(64)67-13)42(65-11)32-43(60)59-28-18-21-41(59)47(66-12)36(7)48(61)54-40(50-53-27-30-68-50)31-38-19-16-15-17-20-38/h15-17,19-20,22-25,27,30,33-36,40-42,44-47H,14,18,21,26,28-29,31-32H2,1-13H3,(H,54,61)(H,55,62)/t35-,36+,40-,41-,42+,44-,45-,46-,47+/m0/s1. The molecule has 3 aromatic rings. The van der Waals surface area contributed by atoms with Crippen LogP contribution in [0.3, 0.4) is 0 Å². The van der Waals surface area contributed by atoms with Gasteiger partial charge in [-0.05, 0) is 73.7 Å². The molecule has 0 bridgehead atoms. The van der Waals surface area contributed by atoms with E-state index in [0.717, 1.165) is 29.0 Å². The molecular weight excluding hydrogens is 883 g/mol. The molecule has 16 heteroatoms. The number of aromatic nitrogens is 1. The Morgan fingerprint density at radius 2 is 1.53 bits per heavy atom. The Labute approximate surface area is 409 Å². The number of hydrogen-bond acceptors (Lipinski definition) is 11. The second kappa shape index (κ2) is 26.7. The second-order valence-electron chi connectivity index (χ2n) is 19.1. The van der Waals surface area contributed by atoms with Gasteiger partial charge in [-0.2, -0.15) is 0 Å². The molecule has 1 aromatic heterocycles. The molecule has 1 fully saturated rings. The van der Waals surface area contributed by atoms with Gasteiger partial charge < -0.3 is 34.6 Å². The third-order valence-corrected chi connectivity index (χ3v) is 14.6. The van der Waals surface area contributed by atoms with Gasteiger partial charge in [0.1, 0.15) is 11.0 Å². The molecule has 5 amide bonds. The molecule has 1 aliphatic rings. The van der Waals surface area contributed by atoms with E-state index in [2.05, 4.69) is 29.5 Å². The lowest BCUT2D eigenvalue weighted by atomic mass is 9.89. The van der Waals surface area contributed by atoms with E-state index in [9.17, 15) is 24.0 Å². The number of thiazole rings is 1. The highest BCUT2D eigenvalue weighted by Crippen LogP contribution is 2.31. The minimum absolute atomic E-state index is 0.0173. The van der Waals surface area contributed by atoms with Crippen LogP contribution in [0.2, 0.25) is 0 Å². The number of nitrogens with zero attached hydrogens (tertiary/aromatic N) is 5. The van der Waals surface area contributed by atoms with Crippen molar-refractivity contribution < 1.29 is 38.2 Å². The van der Waals surface area contributed by atoms with Crippen LogP contribution < -0.4 is 15.5 Å². The van der Waals surface area contributed by atoms with E-state index in [-0.39, 0.29) is 59.9 Å². The fraction of sp³-hybridized carbons (Fsp3) is 0.615. The van der Waals surface area contributed by atoms with Crippen LogP contribution in [-0.4, -0.2) is 141 Å². The van der Waals surface area contributed by atoms with Gasteiger partial charge in [-0.1, -0.05) is 97.4 Å². The monoisotopic (exact) mass is 962 g/mol. The number of carbonyl (C=O) groups is 5. The summed E-state index contributed by atoms with van der Waals surface area (Å²) in [6, 6.07) is 15.1. The van der Waals surface area contributed by atoms with Gasteiger partial charge in [-0.25, -0.2) is 9.78 Å². The first-order valence-corrected chi connectivity index (χ1v) is 25.0. The van der Waals surface area contributed by atoms with Crippen LogP contribution in [0, 0.1) is 23.7 Å². The highest BCUT2D eigenvalue weighted by molar-refractivity contribution is 7.09. The molecule has 15 nitrogen and oxygen atoms in total. The highest BCUT2D eigenvalue weighted by atomic mass is 32.1. The fourth-order valence-corrected chi connectivity index (χ4v) is 10.3. The maximum atomic E-state index is 14.7. The average molecular weight is 962 g/mol. The number of likely N-dealkylation sites (N-methyl/N-ethyl adjacent to an activating group) is 2. The summed E-state index contributed by atoms with van der Waals surface area (Å²) < 4.78 is 17.0. The predicted octanol–water partition coefficient (Wildman–Crippen LogP) is 7.01. The molecule has 4 rings (SSSR count). The van der Waals surface area contributed by atoms with Crippen LogP contribution in [0.25, 0.3) is 0 Å². The maximum absolute atomic E-state index is 14.7. The van der Waals surface area contributed by atoms with Gasteiger partial charge in [0.05, 0.1) is 55.8 Å². The molecule has 1 aliphatic heterocycles. The van der Waals surface area contributed by atoms with E-state index in [1.54, 1.807) is 39.4 Å². The smallest absolute Gasteiger partial charge is 0.413 e. The topological polar surface area (TPSA) is 163 Å². The zero-order valence-electron chi connectivity index (χ0n) is 42.8. The van der Waals surface area contributed by atoms with Gasteiger partial charge >= 0.3 is 6.09 Å². The van der Waals surface area contributed by atoms with Gasteiger partial charge in [0.15, 0.2) is 0 Å². The van der Waals surface area contributed by atoms with E-state index >= 15 is 0 Å². The first kappa shape index (κ1) is 55.7. The van der Waals surface area contributed by atoms with E-state index in [0.29, 0.717) is 38.0 Å². The van der Waals surface area contributed by atoms with Crippen LogP contribution in [-0.2, 0) is 46.2 Å². The van der Waals surface area contributed by atoms with Crippen molar-refractivity contribution >= 4 is 46.7 Å². The van der Waals surface area contributed by atoms with E-state index < -0.39 is 42.3 Å². The quantitative estimate of drug-likeness (QED) is 0.0904. The number of carbonyl (C=O) groups excluding carboxylic acids is 5. The van der Waals surface area contributed by atoms with Crippen LogP contribution in [0.1, 0.15) is 96.3 Å². The fourth-order valence-electron chi connectivity index (χ4n) is 9.62. The Morgan fingerprint density at radius 1 is 0.853 bits per heavy atom. The number of methoxy groups -OCH3 is 3. The van der Waals surface area contributed by atoms with Gasteiger partial charge in [-0.3, -0.25) is 29.0 Å². The molecule has 9 atom stereocenters. The molecule has 376 valence electrons. The van der Waals surface area contributed by atoms with Crippen LogP contribution >= 0.6 is 11.3 Å². The minimum Gasteiger partial charge on any atom is -0.452 e. The Kier molecular flexibility index (Phi) is 21.9.